The second-order valence-electron chi connectivity index (χ2n) is 3.73. The monoisotopic (exact) mass is 205 g/mol. The Balaban J connectivity index is 1.98. The second kappa shape index (κ2) is 3.25. The first-order valence-corrected chi connectivity index (χ1v) is 4.90. The molecule has 2 aromatic heterocycles. The third-order valence-electron chi connectivity index (χ3n) is 2.62. The second-order valence-corrected chi connectivity index (χ2v) is 3.73. The minimum absolute atomic E-state index is 0.0919. The number of nitrogens with zero attached hydrogens (tertiary/aromatic N) is 3. The Bertz CT molecular complexity index is 449. The molecule has 3 rings (SSSR count). The molecular formula is C9H11N5O. The summed E-state index contributed by atoms with van der Waals surface area (Å²) in [7, 11) is 0. The van der Waals surface area contributed by atoms with Gasteiger partial charge >= 0.3 is 0 Å². The topological polar surface area (TPSA) is 86.7 Å². The molecule has 2 atom stereocenters. The number of nitrogens with one attached hydrogen (secondary N) is 2. The number of hydrogen-bond donors (Lipinski definition) is 3. The Morgan fingerprint density at radius 1 is 1.47 bits per heavy atom. The van der Waals surface area contributed by atoms with Crippen LogP contribution in [0.25, 0.3) is 11.2 Å². The van der Waals surface area contributed by atoms with Gasteiger partial charge in [-0.25, -0.2) is 15.0 Å². The van der Waals surface area contributed by atoms with Gasteiger partial charge in [-0.2, -0.15) is 0 Å². The number of aromatic amines is 1. The maximum absolute atomic E-state index is 9.40. The van der Waals surface area contributed by atoms with Crippen LogP contribution in [0, 0.1) is 0 Å². The van der Waals surface area contributed by atoms with Gasteiger partial charge in [-0.05, 0) is 6.42 Å². The molecule has 0 amide bonds. The van der Waals surface area contributed by atoms with Crippen LogP contribution in [0.5, 0.6) is 0 Å². The molecular weight excluding hydrogens is 194 g/mol. The fraction of sp³-hybridized carbons (Fsp3) is 0.444. The van der Waals surface area contributed by atoms with Crippen LogP contribution < -0.4 is 5.32 Å². The summed E-state index contributed by atoms with van der Waals surface area (Å²) in [6.45, 7) is 0.618. The average molecular weight is 205 g/mol. The van der Waals surface area contributed by atoms with E-state index in [0.29, 0.717) is 18.6 Å². The lowest BCUT2D eigenvalue weighted by Gasteiger charge is -2.04. The number of hydrogen-bond acceptors (Lipinski definition) is 5. The molecule has 78 valence electrons. The van der Waals surface area contributed by atoms with Crippen LogP contribution in [0.2, 0.25) is 0 Å². The van der Waals surface area contributed by atoms with Crippen molar-refractivity contribution in [3.05, 3.63) is 18.3 Å². The highest BCUT2D eigenvalue weighted by Crippen LogP contribution is 2.22. The lowest BCUT2D eigenvalue weighted by molar-refractivity contribution is 0.193. The zero-order valence-corrected chi connectivity index (χ0v) is 8.01. The molecule has 0 bridgehead atoms. The van der Waals surface area contributed by atoms with E-state index >= 15 is 0 Å². The molecule has 1 saturated heterocycles. The first-order valence-electron chi connectivity index (χ1n) is 4.90. The van der Waals surface area contributed by atoms with E-state index in [1.165, 1.54) is 6.33 Å². The van der Waals surface area contributed by atoms with Crippen molar-refractivity contribution in [3.8, 4) is 0 Å². The van der Waals surface area contributed by atoms with E-state index in [1.54, 1.807) is 6.20 Å². The number of aromatic nitrogens is 4. The first-order chi connectivity index (χ1) is 7.33. The summed E-state index contributed by atoms with van der Waals surface area (Å²) in [5.74, 6) is 0.821. The SMILES string of the molecule is O[C@H]1CN[C@H](c2nc3ncncc3[nH]2)C1. The van der Waals surface area contributed by atoms with Crippen LogP contribution in [0.1, 0.15) is 18.3 Å². The van der Waals surface area contributed by atoms with Crippen molar-refractivity contribution in [1.29, 1.82) is 0 Å². The Morgan fingerprint density at radius 3 is 3.13 bits per heavy atom. The van der Waals surface area contributed by atoms with Gasteiger partial charge in [-0.15, -0.1) is 0 Å². The fourth-order valence-corrected chi connectivity index (χ4v) is 1.87. The summed E-state index contributed by atoms with van der Waals surface area (Å²) in [6.07, 6.45) is 3.58. The summed E-state index contributed by atoms with van der Waals surface area (Å²) >= 11 is 0. The number of fused-ring (bicyclic) bond motifs is 1. The van der Waals surface area contributed by atoms with E-state index in [1.807, 2.05) is 0 Å². The quantitative estimate of drug-likeness (QED) is 0.597. The summed E-state index contributed by atoms with van der Waals surface area (Å²) in [5, 5.41) is 12.6. The predicted molar refractivity (Wildman–Crippen MR) is 53.1 cm³/mol. The molecule has 15 heavy (non-hydrogen) atoms. The number of H-pyrrole nitrogens is 1. The molecule has 0 unspecified atom stereocenters. The van der Waals surface area contributed by atoms with Gasteiger partial charge in [0.15, 0.2) is 5.65 Å². The van der Waals surface area contributed by atoms with E-state index in [4.69, 9.17) is 0 Å². The molecule has 0 radical (unpaired) electrons. The minimum Gasteiger partial charge on any atom is -0.392 e. The Kier molecular flexibility index (Phi) is 1.90. The van der Waals surface area contributed by atoms with Crippen molar-refractivity contribution in [1.82, 2.24) is 25.3 Å². The standard InChI is InChI=1S/C9H11N5O/c15-5-1-6(11-2-5)9-13-7-3-10-4-12-8(7)14-9/h3-6,11,15H,1-2H2,(H,10,12,13,14)/t5-,6+/m1/s1. The van der Waals surface area contributed by atoms with Crippen LogP contribution in [0.4, 0.5) is 0 Å². The molecule has 2 aromatic rings. The smallest absolute Gasteiger partial charge is 0.180 e. The highest BCUT2D eigenvalue weighted by molar-refractivity contribution is 5.68. The van der Waals surface area contributed by atoms with Gasteiger partial charge in [0.2, 0.25) is 0 Å². The molecule has 6 nitrogen and oxygen atoms in total. The van der Waals surface area contributed by atoms with E-state index in [2.05, 4.69) is 25.3 Å². The Hall–Kier alpha value is -1.53. The molecule has 0 spiro atoms. The van der Waals surface area contributed by atoms with E-state index in [9.17, 15) is 5.11 Å². The van der Waals surface area contributed by atoms with Gasteiger partial charge in [0.1, 0.15) is 17.7 Å². The summed E-state index contributed by atoms with van der Waals surface area (Å²) < 4.78 is 0. The molecule has 6 heteroatoms. The van der Waals surface area contributed by atoms with E-state index in [0.717, 1.165) is 11.3 Å². The normalized spacial score (nSPS) is 26.2. The highest BCUT2D eigenvalue weighted by atomic mass is 16.3. The van der Waals surface area contributed by atoms with Crippen molar-refractivity contribution in [2.45, 2.75) is 18.6 Å². The lowest BCUT2D eigenvalue weighted by Crippen LogP contribution is -2.15. The summed E-state index contributed by atoms with van der Waals surface area (Å²) in [4.78, 5) is 15.5. The van der Waals surface area contributed by atoms with Gasteiger partial charge in [0.05, 0.1) is 18.3 Å². The number of β-amino-alcohol motifs (C(OH)–C–C–N with tert-alkyl or cyclic N) is 1. The van der Waals surface area contributed by atoms with Gasteiger partial charge in [-0.1, -0.05) is 0 Å². The van der Waals surface area contributed by atoms with Gasteiger partial charge in [-0.3, -0.25) is 0 Å². The number of rotatable bonds is 1. The van der Waals surface area contributed by atoms with Crippen molar-refractivity contribution < 1.29 is 5.11 Å². The van der Waals surface area contributed by atoms with Crippen LogP contribution in [-0.4, -0.2) is 37.7 Å². The molecule has 1 fully saturated rings. The van der Waals surface area contributed by atoms with Crippen molar-refractivity contribution in [2.24, 2.45) is 0 Å². The molecule has 3 N–H and O–H groups in total. The maximum atomic E-state index is 9.40. The molecule has 0 aliphatic carbocycles. The highest BCUT2D eigenvalue weighted by Gasteiger charge is 2.25. The van der Waals surface area contributed by atoms with Crippen LogP contribution in [-0.2, 0) is 0 Å². The largest absolute Gasteiger partial charge is 0.392 e. The van der Waals surface area contributed by atoms with Crippen molar-refractivity contribution in [2.75, 3.05) is 6.54 Å². The molecule has 0 aromatic carbocycles. The van der Waals surface area contributed by atoms with Crippen molar-refractivity contribution >= 4 is 11.2 Å². The number of imidazole rings is 1. The average Bonchev–Trinajstić information content (AvgIpc) is 2.82. The van der Waals surface area contributed by atoms with Gasteiger partial charge in [0.25, 0.3) is 0 Å². The molecule has 1 aliphatic rings. The Labute approximate surface area is 85.8 Å². The predicted octanol–water partition coefficient (Wildman–Crippen LogP) is -0.252. The maximum Gasteiger partial charge on any atom is 0.180 e. The number of aliphatic hydroxyl groups excluding tert-OH is 1. The van der Waals surface area contributed by atoms with E-state index < -0.39 is 0 Å². The Morgan fingerprint density at radius 2 is 2.40 bits per heavy atom. The van der Waals surface area contributed by atoms with Crippen LogP contribution in [0.3, 0.4) is 0 Å². The zero-order chi connectivity index (χ0) is 10.3. The summed E-state index contributed by atoms with van der Waals surface area (Å²) in [5.41, 5.74) is 1.50. The molecule has 0 saturated carbocycles. The first kappa shape index (κ1) is 8.75. The van der Waals surface area contributed by atoms with Crippen molar-refractivity contribution in [3.63, 3.8) is 0 Å². The van der Waals surface area contributed by atoms with Crippen LogP contribution >= 0.6 is 0 Å². The lowest BCUT2D eigenvalue weighted by atomic mass is 10.2. The zero-order valence-electron chi connectivity index (χ0n) is 8.01. The van der Waals surface area contributed by atoms with Crippen LogP contribution in [0.15, 0.2) is 12.5 Å². The summed E-state index contributed by atoms with van der Waals surface area (Å²) in [6, 6.07) is 0.0919. The minimum atomic E-state index is -0.283. The fourth-order valence-electron chi connectivity index (χ4n) is 1.87. The van der Waals surface area contributed by atoms with E-state index in [-0.39, 0.29) is 12.1 Å². The van der Waals surface area contributed by atoms with Gasteiger partial charge in [0, 0.05) is 6.54 Å². The van der Waals surface area contributed by atoms with Gasteiger partial charge < -0.3 is 15.4 Å². The third kappa shape index (κ3) is 1.47. The third-order valence-corrected chi connectivity index (χ3v) is 2.62. The number of aliphatic hydroxyl groups is 1. The molecule has 1 aliphatic heterocycles. The molecule has 3 heterocycles.